The van der Waals surface area contributed by atoms with Crippen molar-refractivity contribution in [3.8, 4) is 0 Å². The van der Waals surface area contributed by atoms with Gasteiger partial charge in [0.15, 0.2) is 5.65 Å². The van der Waals surface area contributed by atoms with Crippen LogP contribution in [-0.2, 0) is 17.4 Å². The zero-order valence-corrected chi connectivity index (χ0v) is 16.2. The van der Waals surface area contributed by atoms with Crippen molar-refractivity contribution in [2.75, 3.05) is 0 Å². The van der Waals surface area contributed by atoms with E-state index >= 15 is 0 Å². The van der Waals surface area contributed by atoms with Crippen LogP contribution in [0.15, 0.2) is 12.3 Å². The summed E-state index contributed by atoms with van der Waals surface area (Å²) in [5.41, 5.74) is -1.56. The predicted molar refractivity (Wildman–Crippen MR) is 98.9 cm³/mol. The van der Waals surface area contributed by atoms with Crippen molar-refractivity contribution < 1.29 is 23.1 Å². The normalized spacial score (nSPS) is 15.8. The fourth-order valence-corrected chi connectivity index (χ4v) is 3.64. The first-order valence-electron chi connectivity index (χ1n) is 9.73. The van der Waals surface area contributed by atoms with Crippen molar-refractivity contribution in [1.82, 2.24) is 14.5 Å². The lowest BCUT2D eigenvalue weighted by molar-refractivity contribution is -0.136. The Bertz CT molecular complexity index is 849. The molecule has 154 valence electrons. The number of ketones is 1. The monoisotopic (exact) mass is 397 g/mol. The summed E-state index contributed by atoms with van der Waals surface area (Å²) in [7, 11) is 0. The summed E-state index contributed by atoms with van der Waals surface area (Å²) >= 11 is 0. The second-order valence-corrected chi connectivity index (χ2v) is 8.25. The highest BCUT2D eigenvalue weighted by Gasteiger charge is 2.36. The van der Waals surface area contributed by atoms with Gasteiger partial charge in [-0.1, -0.05) is 0 Å². The first kappa shape index (κ1) is 20.8. The Hall–Kier alpha value is -1.96. The lowest BCUT2D eigenvalue weighted by atomic mass is 9.92. The average molecular weight is 397 g/mol. The second kappa shape index (κ2) is 7.81. The van der Waals surface area contributed by atoms with Crippen molar-refractivity contribution in [3.05, 3.63) is 23.7 Å². The molecule has 5 nitrogen and oxygen atoms in total. The summed E-state index contributed by atoms with van der Waals surface area (Å²) < 4.78 is 41.9. The van der Waals surface area contributed by atoms with E-state index in [0.717, 1.165) is 25.3 Å². The summed E-state index contributed by atoms with van der Waals surface area (Å²) in [6.07, 6.45) is 1.82. The summed E-state index contributed by atoms with van der Waals surface area (Å²) in [4.78, 5) is 20.4. The van der Waals surface area contributed by atoms with Crippen LogP contribution in [0.4, 0.5) is 13.2 Å². The lowest BCUT2D eigenvalue weighted by Gasteiger charge is -2.28. The van der Waals surface area contributed by atoms with Gasteiger partial charge in [0.05, 0.1) is 11.2 Å². The minimum absolute atomic E-state index is 0.0129. The SMILES string of the molecule is CC(C)(O)CC(=O)CCCCc1nc2c(C(F)(F)F)ccnc2n1C1CCC1. The van der Waals surface area contributed by atoms with Crippen molar-refractivity contribution in [2.24, 2.45) is 0 Å². The highest BCUT2D eigenvalue weighted by atomic mass is 19.4. The Morgan fingerprint density at radius 1 is 1.29 bits per heavy atom. The fourth-order valence-electron chi connectivity index (χ4n) is 3.64. The molecule has 28 heavy (non-hydrogen) atoms. The standard InChI is InChI=1S/C20H26F3N3O2/c1-19(2,28)12-14(27)8-3-4-9-16-25-17-15(20(21,22)23)10-11-24-18(17)26(16)13-6-5-7-13/h10-11,13,28H,3-9,12H2,1-2H3. The van der Waals surface area contributed by atoms with E-state index in [9.17, 15) is 23.1 Å². The molecule has 0 spiro atoms. The third-order valence-electron chi connectivity index (χ3n) is 5.13. The Morgan fingerprint density at radius 3 is 2.57 bits per heavy atom. The Labute approximate surface area is 162 Å². The van der Waals surface area contributed by atoms with Crippen LogP contribution in [-0.4, -0.2) is 31.0 Å². The van der Waals surface area contributed by atoms with E-state index in [4.69, 9.17) is 0 Å². The van der Waals surface area contributed by atoms with Crippen LogP contribution in [0.2, 0.25) is 0 Å². The number of aromatic nitrogens is 3. The molecule has 3 rings (SSSR count). The molecule has 1 saturated carbocycles. The zero-order valence-electron chi connectivity index (χ0n) is 16.2. The number of rotatable bonds is 8. The van der Waals surface area contributed by atoms with Crippen LogP contribution in [0.5, 0.6) is 0 Å². The molecule has 8 heteroatoms. The summed E-state index contributed by atoms with van der Waals surface area (Å²) in [6.45, 7) is 3.19. The maximum Gasteiger partial charge on any atom is 0.418 e. The molecule has 1 fully saturated rings. The van der Waals surface area contributed by atoms with Crippen molar-refractivity contribution in [1.29, 1.82) is 0 Å². The average Bonchev–Trinajstić information content (AvgIpc) is 2.86. The number of aryl methyl sites for hydroxylation is 1. The van der Waals surface area contributed by atoms with Crippen molar-refractivity contribution >= 4 is 16.9 Å². The number of aliphatic hydroxyl groups is 1. The fraction of sp³-hybridized carbons (Fsp3) is 0.650. The van der Waals surface area contributed by atoms with E-state index in [1.165, 1.54) is 6.20 Å². The molecule has 0 radical (unpaired) electrons. The lowest BCUT2D eigenvalue weighted by Crippen LogP contribution is -2.23. The number of carbonyl (C=O) groups excluding carboxylic acids is 1. The quantitative estimate of drug-likeness (QED) is 0.660. The molecule has 0 bridgehead atoms. The molecule has 0 aromatic carbocycles. The van der Waals surface area contributed by atoms with Crippen LogP contribution in [0, 0.1) is 0 Å². The smallest absolute Gasteiger partial charge is 0.390 e. The minimum Gasteiger partial charge on any atom is -0.390 e. The molecule has 0 amide bonds. The van der Waals surface area contributed by atoms with Gasteiger partial charge in [0.25, 0.3) is 0 Å². The third-order valence-corrected chi connectivity index (χ3v) is 5.13. The topological polar surface area (TPSA) is 68.0 Å². The Kier molecular flexibility index (Phi) is 5.79. The summed E-state index contributed by atoms with van der Waals surface area (Å²) in [5.74, 6) is 0.597. The van der Waals surface area contributed by atoms with Gasteiger partial charge in [0.2, 0.25) is 0 Å². The number of halogens is 3. The predicted octanol–water partition coefficient (Wildman–Crippen LogP) is 4.62. The van der Waals surface area contributed by atoms with Crippen LogP contribution in [0.3, 0.4) is 0 Å². The number of hydrogen-bond acceptors (Lipinski definition) is 4. The van der Waals surface area contributed by atoms with E-state index in [0.29, 0.717) is 37.2 Å². The molecule has 0 unspecified atom stereocenters. The number of nitrogens with zero attached hydrogens (tertiary/aromatic N) is 3. The Morgan fingerprint density at radius 2 is 2.00 bits per heavy atom. The number of pyridine rings is 1. The third kappa shape index (κ3) is 4.71. The van der Waals surface area contributed by atoms with Gasteiger partial charge in [0, 0.05) is 31.5 Å². The number of unbranched alkanes of at least 4 members (excludes halogenated alkanes) is 1. The molecule has 1 N–H and O–H groups in total. The van der Waals surface area contributed by atoms with Gasteiger partial charge >= 0.3 is 6.18 Å². The summed E-state index contributed by atoms with van der Waals surface area (Å²) in [5, 5.41) is 9.69. The number of fused-ring (bicyclic) bond motifs is 1. The molecule has 1 aliphatic carbocycles. The van der Waals surface area contributed by atoms with E-state index < -0.39 is 17.3 Å². The number of Topliss-reactive ketones (excluding diaryl/α,β-unsaturated/α-hetero) is 1. The number of carbonyl (C=O) groups is 1. The minimum atomic E-state index is -4.47. The zero-order chi connectivity index (χ0) is 20.5. The number of imidazole rings is 1. The highest BCUT2D eigenvalue weighted by Crippen LogP contribution is 2.39. The van der Waals surface area contributed by atoms with Crippen LogP contribution in [0.1, 0.15) is 76.2 Å². The molecule has 2 heterocycles. The van der Waals surface area contributed by atoms with Gasteiger partial charge in [-0.3, -0.25) is 4.79 Å². The van der Waals surface area contributed by atoms with Gasteiger partial charge in [0.1, 0.15) is 17.1 Å². The highest BCUT2D eigenvalue weighted by molar-refractivity contribution is 5.79. The molecular formula is C20H26F3N3O2. The first-order valence-corrected chi connectivity index (χ1v) is 9.73. The van der Waals surface area contributed by atoms with E-state index in [1.54, 1.807) is 13.8 Å². The van der Waals surface area contributed by atoms with Gasteiger partial charge in [-0.2, -0.15) is 13.2 Å². The van der Waals surface area contributed by atoms with E-state index in [1.807, 2.05) is 4.57 Å². The van der Waals surface area contributed by atoms with Gasteiger partial charge < -0.3 is 9.67 Å². The molecule has 0 aliphatic heterocycles. The second-order valence-electron chi connectivity index (χ2n) is 8.25. The molecule has 1 aliphatic rings. The summed E-state index contributed by atoms with van der Waals surface area (Å²) in [6, 6.07) is 1.12. The number of hydrogen-bond donors (Lipinski definition) is 1. The van der Waals surface area contributed by atoms with E-state index in [-0.39, 0.29) is 23.8 Å². The van der Waals surface area contributed by atoms with Crippen LogP contribution >= 0.6 is 0 Å². The molecule has 0 atom stereocenters. The first-order chi connectivity index (χ1) is 13.1. The van der Waals surface area contributed by atoms with Crippen LogP contribution in [0.25, 0.3) is 11.2 Å². The molecular weight excluding hydrogens is 371 g/mol. The maximum absolute atomic E-state index is 13.4. The van der Waals surface area contributed by atoms with Crippen molar-refractivity contribution in [3.63, 3.8) is 0 Å². The Balaban J connectivity index is 1.76. The maximum atomic E-state index is 13.4. The van der Waals surface area contributed by atoms with E-state index in [2.05, 4.69) is 9.97 Å². The van der Waals surface area contributed by atoms with Gasteiger partial charge in [-0.15, -0.1) is 0 Å². The van der Waals surface area contributed by atoms with Crippen LogP contribution < -0.4 is 0 Å². The largest absolute Gasteiger partial charge is 0.418 e. The molecule has 0 saturated heterocycles. The number of alkyl halides is 3. The molecule has 2 aromatic rings. The van der Waals surface area contributed by atoms with Gasteiger partial charge in [-0.25, -0.2) is 9.97 Å². The van der Waals surface area contributed by atoms with Gasteiger partial charge in [-0.05, 0) is 52.0 Å². The van der Waals surface area contributed by atoms with Crippen molar-refractivity contribution in [2.45, 2.75) is 83.0 Å². The molecule has 2 aromatic heterocycles.